The molecule has 0 bridgehead atoms. The molecule has 12 heteroatoms. The number of carboxylic acid groups (broad SMARTS) is 1. The molecule has 1 rings (SSSR count). The SMILES string of the molecule is CC(NC(=O)C(N)CCCN=C(N)N)C(=O)N1CCCC1C(=O)NC(C(=O)O)C(C)C. The molecule has 3 amide bonds. The molecule has 1 aliphatic rings. The van der Waals surface area contributed by atoms with E-state index in [1.54, 1.807) is 13.8 Å². The van der Waals surface area contributed by atoms with Crippen molar-refractivity contribution in [1.82, 2.24) is 15.5 Å². The maximum absolute atomic E-state index is 12.8. The van der Waals surface area contributed by atoms with Crippen LogP contribution < -0.4 is 27.8 Å². The zero-order chi connectivity index (χ0) is 23.7. The summed E-state index contributed by atoms with van der Waals surface area (Å²) >= 11 is 0. The highest BCUT2D eigenvalue weighted by Gasteiger charge is 2.38. The number of hydrogen-bond acceptors (Lipinski definition) is 6. The van der Waals surface area contributed by atoms with E-state index in [4.69, 9.17) is 17.2 Å². The van der Waals surface area contributed by atoms with Crippen LogP contribution in [-0.4, -0.2) is 76.9 Å². The third kappa shape index (κ3) is 8.04. The average Bonchev–Trinajstić information content (AvgIpc) is 3.17. The summed E-state index contributed by atoms with van der Waals surface area (Å²) in [5.74, 6) is -2.90. The van der Waals surface area contributed by atoms with Crippen LogP contribution in [0.4, 0.5) is 0 Å². The second-order valence-electron chi connectivity index (χ2n) is 8.04. The maximum atomic E-state index is 12.8. The molecule has 0 aliphatic carbocycles. The fourth-order valence-corrected chi connectivity index (χ4v) is 3.35. The van der Waals surface area contributed by atoms with E-state index in [-0.39, 0.29) is 11.9 Å². The number of likely N-dealkylation sites (tertiary alicyclic amines) is 1. The molecule has 9 N–H and O–H groups in total. The molecule has 4 atom stereocenters. The number of carbonyl (C=O) groups is 4. The number of hydrogen-bond donors (Lipinski definition) is 6. The van der Waals surface area contributed by atoms with Gasteiger partial charge in [0.1, 0.15) is 18.1 Å². The van der Waals surface area contributed by atoms with Crippen LogP contribution in [0.15, 0.2) is 4.99 Å². The van der Waals surface area contributed by atoms with Gasteiger partial charge in [-0.25, -0.2) is 4.79 Å². The fraction of sp³-hybridized carbons (Fsp3) is 0.737. The molecule has 31 heavy (non-hydrogen) atoms. The Bertz CT molecular complexity index is 693. The van der Waals surface area contributed by atoms with Gasteiger partial charge in [-0.2, -0.15) is 0 Å². The first-order valence-corrected chi connectivity index (χ1v) is 10.4. The molecule has 4 unspecified atom stereocenters. The van der Waals surface area contributed by atoms with E-state index in [0.717, 1.165) is 0 Å². The van der Waals surface area contributed by atoms with Crippen LogP contribution in [0.2, 0.25) is 0 Å². The van der Waals surface area contributed by atoms with Gasteiger partial charge < -0.3 is 37.8 Å². The molecule has 0 aromatic heterocycles. The number of nitrogens with one attached hydrogen (secondary N) is 2. The molecule has 0 spiro atoms. The van der Waals surface area contributed by atoms with Crippen molar-refractivity contribution in [2.45, 2.75) is 70.6 Å². The van der Waals surface area contributed by atoms with Gasteiger partial charge in [0.15, 0.2) is 5.96 Å². The number of nitrogens with two attached hydrogens (primary N) is 3. The highest BCUT2D eigenvalue weighted by atomic mass is 16.4. The Kier molecular flexibility index (Phi) is 10.2. The number of nitrogens with zero attached hydrogens (tertiary/aromatic N) is 2. The molecular weight excluding hydrogens is 406 g/mol. The van der Waals surface area contributed by atoms with E-state index in [1.807, 2.05) is 0 Å². The minimum atomic E-state index is -1.13. The van der Waals surface area contributed by atoms with Crippen LogP contribution >= 0.6 is 0 Å². The van der Waals surface area contributed by atoms with Gasteiger partial charge in [0.05, 0.1) is 6.04 Å². The highest BCUT2D eigenvalue weighted by molar-refractivity contribution is 5.94. The molecule has 12 nitrogen and oxygen atoms in total. The summed E-state index contributed by atoms with van der Waals surface area (Å²) in [6.45, 7) is 5.59. The molecule has 0 saturated carbocycles. The van der Waals surface area contributed by atoms with E-state index in [1.165, 1.54) is 11.8 Å². The smallest absolute Gasteiger partial charge is 0.326 e. The maximum Gasteiger partial charge on any atom is 0.326 e. The van der Waals surface area contributed by atoms with Crippen molar-refractivity contribution in [1.29, 1.82) is 0 Å². The van der Waals surface area contributed by atoms with Crippen molar-refractivity contribution < 1.29 is 24.3 Å². The van der Waals surface area contributed by atoms with Crippen molar-refractivity contribution in [2.24, 2.45) is 28.1 Å². The standard InChI is InChI=1S/C19H35N7O5/c1-10(2)14(18(30)31)25-16(28)13-7-5-9-26(13)17(29)11(3)24-15(27)12(20)6-4-8-23-19(21)22/h10-14H,4-9,20H2,1-3H3,(H,24,27)(H,25,28)(H,30,31)(H4,21,22,23). The third-order valence-corrected chi connectivity index (χ3v) is 5.10. The average molecular weight is 442 g/mol. The second-order valence-corrected chi connectivity index (χ2v) is 8.04. The van der Waals surface area contributed by atoms with Crippen molar-refractivity contribution in [3.05, 3.63) is 0 Å². The van der Waals surface area contributed by atoms with Crippen molar-refractivity contribution in [3.8, 4) is 0 Å². The van der Waals surface area contributed by atoms with Crippen LogP contribution in [-0.2, 0) is 19.2 Å². The predicted molar refractivity (Wildman–Crippen MR) is 115 cm³/mol. The largest absolute Gasteiger partial charge is 0.480 e. The first-order chi connectivity index (χ1) is 14.5. The van der Waals surface area contributed by atoms with E-state index in [2.05, 4.69) is 15.6 Å². The number of aliphatic carboxylic acids is 1. The van der Waals surface area contributed by atoms with Gasteiger partial charge >= 0.3 is 5.97 Å². The molecule has 176 valence electrons. The summed E-state index contributed by atoms with van der Waals surface area (Å²) in [6, 6.07) is -3.53. The van der Waals surface area contributed by atoms with Gasteiger partial charge in [-0.3, -0.25) is 19.4 Å². The number of carbonyl (C=O) groups excluding carboxylic acids is 3. The van der Waals surface area contributed by atoms with Gasteiger partial charge in [-0.1, -0.05) is 13.8 Å². The zero-order valence-corrected chi connectivity index (χ0v) is 18.3. The lowest BCUT2D eigenvalue weighted by Gasteiger charge is -2.29. The minimum Gasteiger partial charge on any atom is -0.480 e. The summed E-state index contributed by atoms with van der Waals surface area (Å²) in [7, 11) is 0. The Morgan fingerprint density at radius 2 is 1.81 bits per heavy atom. The molecule has 0 radical (unpaired) electrons. The van der Waals surface area contributed by atoms with Crippen molar-refractivity contribution in [2.75, 3.05) is 13.1 Å². The van der Waals surface area contributed by atoms with E-state index < -0.39 is 47.9 Å². The number of rotatable bonds is 11. The first-order valence-electron chi connectivity index (χ1n) is 10.4. The monoisotopic (exact) mass is 441 g/mol. The van der Waals surface area contributed by atoms with Gasteiger partial charge in [0, 0.05) is 13.1 Å². The second kappa shape index (κ2) is 12.1. The minimum absolute atomic E-state index is 0.0375. The number of carboxylic acids is 1. The van der Waals surface area contributed by atoms with E-state index >= 15 is 0 Å². The molecule has 1 fully saturated rings. The molecule has 1 saturated heterocycles. The Labute approximate surface area is 182 Å². The summed E-state index contributed by atoms with van der Waals surface area (Å²) in [5.41, 5.74) is 16.3. The lowest BCUT2D eigenvalue weighted by Crippen LogP contribution is -2.56. The summed E-state index contributed by atoms with van der Waals surface area (Å²) < 4.78 is 0. The summed E-state index contributed by atoms with van der Waals surface area (Å²) in [5, 5.41) is 14.4. The van der Waals surface area contributed by atoms with E-state index in [0.29, 0.717) is 38.8 Å². The lowest BCUT2D eigenvalue weighted by atomic mass is 10.0. The van der Waals surface area contributed by atoms with Crippen LogP contribution in [0, 0.1) is 5.92 Å². The predicted octanol–water partition coefficient (Wildman–Crippen LogP) is -1.91. The van der Waals surface area contributed by atoms with Crippen LogP contribution in [0.25, 0.3) is 0 Å². The van der Waals surface area contributed by atoms with Crippen LogP contribution in [0.1, 0.15) is 46.5 Å². The van der Waals surface area contributed by atoms with Crippen LogP contribution in [0.3, 0.4) is 0 Å². The lowest BCUT2D eigenvalue weighted by molar-refractivity contribution is -0.145. The Balaban J connectivity index is 2.65. The molecule has 1 heterocycles. The zero-order valence-electron chi connectivity index (χ0n) is 18.3. The highest BCUT2D eigenvalue weighted by Crippen LogP contribution is 2.19. The van der Waals surface area contributed by atoms with Crippen LogP contribution in [0.5, 0.6) is 0 Å². The van der Waals surface area contributed by atoms with E-state index in [9.17, 15) is 24.3 Å². The van der Waals surface area contributed by atoms with Gasteiger partial charge in [-0.05, 0) is 38.5 Å². The Morgan fingerprint density at radius 1 is 1.16 bits per heavy atom. The Hall–Kier alpha value is -2.89. The fourth-order valence-electron chi connectivity index (χ4n) is 3.35. The molecule has 1 aliphatic heterocycles. The summed E-state index contributed by atoms with van der Waals surface area (Å²) in [4.78, 5) is 54.3. The molecule has 0 aromatic carbocycles. The topological polar surface area (TPSA) is 206 Å². The Morgan fingerprint density at radius 3 is 2.35 bits per heavy atom. The van der Waals surface area contributed by atoms with Gasteiger partial charge in [0.2, 0.25) is 17.7 Å². The number of amides is 3. The molecular formula is C19H35N7O5. The first kappa shape index (κ1) is 26.1. The molecule has 0 aromatic rings. The van der Waals surface area contributed by atoms with Crippen molar-refractivity contribution >= 4 is 29.7 Å². The number of aliphatic imine (C=N–C) groups is 1. The quantitative estimate of drug-likeness (QED) is 0.121. The van der Waals surface area contributed by atoms with Gasteiger partial charge in [-0.15, -0.1) is 0 Å². The van der Waals surface area contributed by atoms with Gasteiger partial charge in [0.25, 0.3) is 0 Å². The van der Waals surface area contributed by atoms with Crippen molar-refractivity contribution in [3.63, 3.8) is 0 Å². The third-order valence-electron chi connectivity index (χ3n) is 5.10. The summed E-state index contributed by atoms with van der Waals surface area (Å²) in [6.07, 6.45) is 1.87. The number of guanidine groups is 1. The normalized spacial score (nSPS) is 18.7.